The predicted octanol–water partition coefficient (Wildman–Crippen LogP) is 1.47. The van der Waals surface area contributed by atoms with E-state index in [-0.39, 0.29) is 6.61 Å². The van der Waals surface area contributed by atoms with Crippen LogP contribution in [0.1, 0.15) is 27.2 Å². The van der Waals surface area contributed by atoms with Gasteiger partial charge in [-0.15, -0.1) is 10.3 Å². The zero-order chi connectivity index (χ0) is 14.8. The summed E-state index contributed by atoms with van der Waals surface area (Å²) in [4.78, 5) is 0. The molecule has 1 unspecified atom stereocenters. The summed E-state index contributed by atoms with van der Waals surface area (Å²) in [6.07, 6.45) is 2.15. The molecule has 0 radical (unpaired) electrons. The van der Waals surface area contributed by atoms with Crippen molar-refractivity contribution in [2.24, 2.45) is 0 Å². The maximum absolute atomic E-state index is 11.3. The van der Waals surface area contributed by atoms with Crippen molar-refractivity contribution in [3.05, 3.63) is 0 Å². The molecular weight excluding hydrogens is 308 g/mol. The zero-order valence-electron chi connectivity index (χ0n) is 12.1. The fourth-order valence-electron chi connectivity index (χ4n) is 1.51. The Morgan fingerprint density at radius 2 is 1.58 bits per heavy atom. The van der Waals surface area contributed by atoms with Gasteiger partial charge in [-0.25, -0.2) is 4.21 Å². The number of rotatable bonds is 11. The first-order valence-corrected chi connectivity index (χ1v) is 11.7. The quantitative estimate of drug-likeness (QED) is 0.339. The van der Waals surface area contributed by atoms with Crippen molar-refractivity contribution in [2.75, 3.05) is 32.7 Å². The molecule has 0 aliphatic rings. The summed E-state index contributed by atoms with van der Waals surface area (Å²) < 4.78 is 42.5. The van der Waals surface area contributed by atoms with Crippen LogP contribution in [-0.4, -0.2) is 50.2 Å². The molecule has 6 nitrogen and oxygen atoms in total. The average Bonchev–Trinajstić information content (AvgIpc) is 2.36. The minimum atomic E-state index is -3.16. The summed E-state index contributed by atoms with van der Waals surface area (Å²) in [6, 6.07) is 0.582. The Kier molecular flexibility index (Phi) is 10.6. The van der Waals surface area contributed by atoms with E-state index >= 15 is 0 Å². The van der Waals surface area contributed by atoms with Crippen LogP contribution in [0.3, 0.4) is 0 Å². The molecule has 0 aromatic carbocycles. The van der Waals surface area contributed by atoms with Gasteiger partial charge in [-0.1, -0.05) is 0 Å². The minimum Gasteiger partial charge on any atom is -0.374 e. The van der Waals surface area contributed by atoms with Crippen LogP contribution in [0, 0.1) is 0 Å². The molecule has 0 aliphatic carbocycles. The first kappa shape index (κ1) is 19.5. The predicted molar refractivity (Wildman–Crippen MR) is 81.5 cm³/mol. The highest BCUT2D eigenvalue weighted by molar-refractivity contribution is 8.34. The highest BCUT2D eigenvalue weighted by Crippen LogP contribution is 2.18. The van der Waals surface area contributed by atoms with Crippen LogP contribution >= 0.6 is 0 Å². The molecule has 0 aliphatic heterocycles. The SMILES string of the molecule is CCO[Si](CCCOS(=O)(O)=[SH]C)(OCC)OCC. The molecule has 0 aromatic heterocycles. The second-order valence-corrected chi connectivity index (χ2v) is 10.2. The fourth-order valence-corrected chi connectivity index (χ4v) is 5.07. The van der Waals surface area contributed by atoms with E-state index in [0.717, 1.165) is 0 Å². The Morgan fingerprint density at radius 1 is 1.11 bits per heavy atom. The van der Waals surface area contributed by atoms with E-state index in [1.54, 1.807) is 6.26 Å². The Balaban J connectivity index is 4.36. The molecule has 19 heavy (non-hydrogen) atoms. The van der Waals surface area contributed by atoms with Gasteiger partial charge < -0.3 is 13.3 Å². The van der Waals surface area contributed by atoms with Gasteiger partial charge in [-0.3, -0.25) is 8.74 Å². The van der Waals surface area contributed by atoms with Gasteiger partial charge in [0, 0.05) is 25.9 Å². The highest BCUT2D eigenvalue weighted by atomic mass is 32.9. The monoisotopic (exact) mass is 334 g/mol. The van der Waals surface area contributed by atoms with Gasteiger partial charge >= 0.3 is 8.80 Å². The molecule has 0 heterocycles. The Morgan fingerprint density at radius 3 is 1.95 bits per heavy atom. The lowest BCUT2D eigenvalue weighted by atomic mass is 10.5. The van der Waals surface area contributed by atoms with Crippen molar-refractivity contribution in [1.82, 2.24) is 0 Å². The lowest BCUT2D eigenvalue weighted by Gasteiger charge is -2.28. The molecule has 0 aromatic rings. The third-order valence-corrected chi connectivity index (χ3v) is 7.97. The zero-order valence-corrected chi connectivity index (χ0v) is 14.8. The largest absolute Gasteiger partial charge is 0.501 e. The van der Waals surface area contributed by atoms with Crippen LogP contribution in [0.4, 0.5) is 0 Å². The number of thiol groups is 1. The van der Waals surface area contributed by atoms with Crippen LogP contribution in [0.25, 0.3) is 0 Å². The summed E-state index contributed by atoms with van der Waals surface area (Å²) in [5, 5.41) is 0. The summed E-state index contributed by atoms with van der Waals surface area (Å²) in [7, 11) is -5.49. The third kappa shape index (κ3) is 8.40. The van der Waals surface area contributed by atoms with E-state index in [4.69, 9.17) is 17.5 Å². The summed E-state index contributed by atoms with van der Waals surface area (Å²) >= 11 is 0. The van der Waals surface area contributed by atoms with Crippen LogP contribution < -0.4 is 0 Å². The molecule has 0 amide bonds. The molecule has 0 rings (SSSR count). The van der Waals surface area contributed by atoms with Crippen molar-refractivity contribution in [2.45, 2.75) is 33.2 Å². The molecule has 1 atom stereocenters. The van der Waals surface area contributed by atoms with Gasteiger partial charge in [0.15, 0.2) is 0 Å². The minimum absolute atomic E-state index is 0.193. The average molecular weight is 335 g/mol. The van der Waals surface area contributed by atoms with E-state index < -0.39 is 17.9 Å². The highest BCUT2D eigenvalue weighted by Gasteiger charge is 2.39. The first-order chi connectivity index (χ1) is 8.95. The maximum atomic E-state index is 11.3. The van der Waals surface area contributed by atoms with Crippen molar-refractivity contribution >= 4 is 28.2 Å². The Labute approximate surface area is 120 Å². The van der Waals surface area contributed by atoms with Crippen molar-refractivity contribution < 1.29 is 26.2 Å². The molecule has 0 saturated carbocycles. The van der Waals surface area contributed by atoms with Gasteiger partial charge in [-0.2, -0.15) is 0 Å². The van der Waals surface area contributed by atoms with Crippen LogP contribution in [0.2, 0.25) is 6.04 Å². The second kappa shape index (κ2) is 10.3. The Hall–Kier alpha value is 0.517. The van der Waals surface area contributed by atoms with Gasteiger partial charge in [0.25, 0.3) is 0 Å². The lowest BCUT2D eigenvalue weighted by molar-refractivity contribution is 0.0696. The van der Waals surface area contributed by atoms with Gasteiger partial charge in [0.2, 0.25) is 9.05 Å². The molecule has 1 N–H and O–H groups in total. The molecule has 9 heteroatoms. The van der Waals surface area contributed by atoms with Crippen LogP contribution in [0.5, 0.6) is 0 Å². The topological polar surface area (TPSA) is 74.2 Å². The summed E-state index contributed by atoms with van der Waals surface area (Å²) in [6.45, 7) is 7.46. The van der Waals surface area contributed by atoms with E-state index in [9.17, 15) is 8.76 Å². The molecule has 0 spiro atoms. The molecule has 0 bridgehead atoms. The van der Waals surface area contributed by atoms with Gasteiger partial charge in [0.1, 0.15) is 0 Å². The molecule has 118 valence electrons. The second-order valence-electron chi connectivity index (χ2n) is 3.54. The molecular formula is C10H26O6S2Si. The van der Waals surface area contributed by atoms with Gasteiger partial charge in [0.05, 0.1) is 6.61 Å². The number of hydrogen-bond acceptors (Lipinski definition) is 5. The van der Waals surface area contributed by atoms with Crippen molar-refractivity contribution in [1.29, 1.82) is 0 Å². The van der Waals surface area contributed by atoms with E-state index in [1.807, 2.05) is 20.8 Å². The molecule has 0 fully saturated rings. The first-order valence-electron chi connectivity index (χ1n) is 6.39. The van der Waals surface area contributed by atoms with E-state index in [2.05, 4.69) is 0 Å². The van der Waals surface area contributed by atoms with Crippen LogP contribution in [0.15, 0.2) is 0 Å². The lowest BCUT2D eigenvalue weighted by Crippen LogP contribution is -2.46. The summed E-state index contributed by atoms with van der Waals surface area (Å²) in [5.41, 5.74) is 0. The normalized spacial score (nSPS) is 15.4. The smallest absolute Gasteiger partial charge is 0.374 e. The maximum Gasteiger partial charge on any atom is 0.501 e. The van der Waals surface area contributed by atoms with Crippen molar-refractivity contribution in [3.8, 4) is 0 Å². The standard InChI is InChI=1S/C10H26O6S2Si/c1-5-14-19(15-6-2,16-7-3)10-8-9-13-18(11,12)17-4/h17H,5-10H2,1-4H3,(H,11,12). The van der Waals surface area contributed by atoms with Crippen LogP contribution in [-0.2, 0) is 36.8 Å². The molecule has 0 saturated heterocycles. The summed E-state index contributed by atoms with van der Waals surface area (Å²) in [5.74, 6) is 0. The fraction of sp³-hybridized carbons (Fsp3) is 1.00. The van der Waals surface area contributed by atoms with Gasteiger partial charge in [-0.05, 0) is 33.4 Å². The van der Waals surface area contributed by atoms with E-state index in [0.29, 0.717) is 42.6 Å². The number of hydrogen-bond donors (Lipinski definition) is 2. The Bertz CT molecular complexity index is 326. The van der Waals surface area contributed by atoms with Crippen molar-refractivity contribution in [3.63, 3.8) is 0 Å². The van der Waals surface area contributed by atoms with E-state index in [1.165, 1.54) is 0 Å². The third-order valence-electron chi connectivity index (χ3n) is 2.19.